The van der Waals surface area contributed by atoms with Crippen LogP contribution in [0.4, 0.5) is 11.7 Å². The van der Waals surface area contributed by atoms with Gasteiger partial charge in [-0.15, -0.1) is 0 Å². The molecule has 3 rings (SSSR count). The first-order valence-electron chi connectivity index (χ1n) is 8.05. The average Bonchev–Trinajstić information content (AvgIpc) is 3.29. The molecule has 1 aromatic carbocycles. The Bertz CT molecular complexity index is 855. The van der Waals surface area contributed by atoms with Gasteiger partial charge in [-0.3, -0.25) is 9.79 Å². The van der Waals surface area contributed by atoms with Crippen LogP contribution in [0.1, 0.15) is 22.5 Å². The molecule has 9 heteroatoms. The number of nitrogens with zero attached hydrogens (tertiary/aromatic N) is 2. The van der Waals surface area contributed by atoms with Gasteiger partial charge in [-0.1, -0.05) is 17.7 Å². The molecule has 2 heterocycles. The second-order valence-electron chi connectivity index (χ2n) is 5.77. The molecule has 0 aliphatic carbocycles. The van der Waals surface area contributed by atoms with Gasteiger partial charge in [-0.2, -0.15) is 4.98 Å². The number of amides is 1. The molecule has 6 N–H and O–H groups in total. The summed E-state index contributed by atoms with van der Waals surface area (Å²) in [7, 11) is 0. The monoisotopic (exact) mass is 374 g/mol. The van der Waals surface area contributed by atoms with Crippen molar-refractivity contribution in [3.63, 3.8) is 0 Å². The Morgan fingerprint density at radius 2 is 2.35 bits per heavy atom. The molecular weight excluding hydrogens is 356 g/mol. The lowest BCUT2D eigenvalue weighted by Gasteiger charge is -2.09. The van der Waals surface area contributed by atoms with Crippen LogP contribution in [-0.4, -0.2) is 36.2 Å². The maximum atomic E-state index is 12.2. The van der Waals surface area contributed by atoms with Crippen molar-refractivity contribution in [3.8, 4) is 0 Å². The average molecular weight is 375 g/mol. The number of aliphatic imine (C=N–C) groups is 1. The van der Waals surface area contributed by atoms with E-state index in [-0.39, 0.29) is 17.8 Å². The van der Waals surface area contributed by atoms with Crippen LogP contribution in [0, 0.1) is 0 Å². The van der Waals surface area contributed by atoms with Gasteiger partial charge in [0.05, 0.1) is 16.8 Å². The van der Waals surface area contributed by atoms with E-state index in [1.807, 2.05) is 6.07 Å². The van der Waals surface area contributed by atoms with E-state index in [1.54, 1.807) is 18.3 Å². The quantitative estimate of drug-likeness (QED) is 0.591. The number of benzene rings is 1. The van der Waals surface area contributed by atoms with E-state index in [0.29, 0.717) is 10.7 Å². The number of halogens is 1. The SMILES string of the molecule is NC=C(C=NC1CCNC1)c1ccc(Cl)c(NC(=O)c2coc(N)n2)c1. The summed E-state index contributed by atoms with van der Waals surface area (Å²) in [5.74, 6) is -0.478. The summed E-state index contributed by atoms with van der Waals surface area (Å²) in [4.78, 5) is 20.5. The molecule has 0 saturated carbocycles. The van der Waals surface area contributed by atoms with Gasteiger partial charge in [-0.05, 0) is 30.7 Å². The van der Waals surface area contributed by atoms with E-state index in [9.17, 15) is 4.79 Å². The smallest absolute Gasteiger partial charge is 0.292 e. The Morgan fingerprint density at radius 1 is 1.50 bits per heavy atom. The van der Waals surface area contributed by atoms with Crippen molar-refractivity contribution in [1.29, 1.82) is 0 Å². The Hall–Kier alpha value is -2.84. The van der Waals surface area contributed by atoms with Gasteiger partial charge in [0.25, 0.3) is 11.9 Å². The molecule has 1 unspecified atom stereocenters. The molecular formula is C17H19ClN6O2. The minimum absolute atomic E-state index is 0.0638. The first-order valence-corrected chi connectivity index (χ1v) is 8.42. The number of rotatable bonds is 5. The molecule has 1 fully saturated rings. The van der Waals surface area contributed by atoms with Crippen LogP contribution in [0.5, 0.6) is 0 Å². The van der Waals surface area contributed by atoms with Crippen LogP contribution in [-0.2, 0) is 0 Å². The van der Waals surface area contributed by atoms with Crippen molar-refractivity contribution in [2.45, 2.75) is 12.5 Å². The number of nitrogens with two attached hydrogens (primary N) is 2. The highest BCUT2D eigenvalue weighted by Crippen LogP contribution is 2.26. The van der Waals surface area contributed by atoms with Gasteiger partial charge in [0.2, 0.25) is 0 Å². The molecule has 0 bridgehead atoms. The van der Waals surface area contributed by atoms with E-state index in [2.05, 4.69) is 20.6 Å². The normalized spacial score (nSPS) is 17.7. The number of carbonyl (C=O) groups is 1. The number of allylic oxidation sites excluding steroid dienone is 1. The number of oxazole rings is 1. The predicted octanol–water partition coefficient (Wildman–Crippen LogP) is 1.89. The fourth-order valence-corrected chi connectivity index (χ4v) is 2.71. The summed E-state index contributed by atoms with van der Waals surface area (Å²) < 4.78 is 4.84. The van der Waals surface area contributed by atoms with Crippen molar-refractivity contribution in [2.75, 3.05) is 24.1 Å². The second-order valence-corrected chi connectivity index (χ2v) is 6.17. The number of nitrogen functional groups attached to an aromatic ring is 1. The highest BCUT2D eigenvalue weighted by molar-refractivity contribution is 6.34. The van der Waals surface area contributed by atoms with Crippen molar-refractivity contribution in [3.05, 3.63) is 46.9 Å². The molecule has 2 aromatic rings. The van der Waals surface area contributed by atoms with Crippen LogP contribution in [0.2, 0.25) is 5.02 Å². The Balaban J connectivity index is 1.78. The molecule has 0 radical (unpaired) electrons. The zero-order valence-electron chi connectivity index (χ0n) is 13.9. The fraction of sp³-hybridized carbons (Fsp3) is 0.235. The van der Waals surface area contributed by atoms with Crippen molar-refractivity contribution >= 4 is 41.0 Å². The molecule has 136 valence electrons. The fourth-order valence-electron chi connectivity index (χ4n) is 2.55. The van der Waals surface area contributed by atoms with Crippen LogP contribution in [0.15, 0.2) is 40.1 Å². The second kappa shape index (κ2) is 8.03. The number of hydrogen-bond acceptors (Lipinski definition) is 7. The molecule has 1 aromatic heterocycles. The Labute approximate surface area is 155 Å². The maximum Gasteiger partial charge on any atom is 0.292 e. The lowest BCUT2D eigenvalue weighted by atomic mass is 10.1. The molecule has 1 amide bonds. The first kappa shape index (κ1) is 18.0. The van der Waals surface area contributed by atoms with Gasteiger partial charge in [-0.25, -0.2) is 0 Å². The number of nitrogens with one attached hydrogen (secondary N) is 2. The summed E-state index contributed by atoms with van der Waals surface area (Å²) in [6.07, 6.45) is 5.39. The lowest BCUT2D eigenvalue weighted by Crippen LogP contribution is -2.13. The molecule has 1 saturated heterocycles. The molecule has 1 aliphatic rings. The summed E-state index contributed by atoms with van der Waals surface area (Å²) in [5, 5.41) is 6.32. The number of anilines is 2. The topological polar surface area (TPSA) is 132 Å². The van der Waals surface area contributed by atoms with Gasteiger partial charge < -0.3 is 26.5 Å². The lowest BCUT2D eigenvalue weighted by molar-refractivity contribution is 0.102. The van der Waals surface area contributed by atoms with Crippen LogP contribution in [0.25, 0.3) is 5.57 Å². The molecule has 8 nitrogen and oxygen atoms in total. The van der Waals surface area contributed by atoms with Crippen molar-refractivity contribution in [2.24, 2.45) is 10.7 Å². The molecule has 1 aliphatic heterocycles. The van der Waals surface area contributed by atoms with Crippen LogP contribution in [0.3, 0.4) is 0 Å². The molecule has 26 heavy (non-hydrogen) atoms. The van der Waals surface area contributed by atoms with E-state index < -0.39 is 5.91 Å². The molecule has 1 atom stereocenters. The number of aromatic nitrogens is 1. The largest absolute Gasteiger partial charge is 0.431 e. The Kier molecular flexibility index (Phi) is 5.55. The van der Waals surface area contributed by atoms with Crippen molar-refractivity contribution < 1.29 is 9.21 Å². The summed E-state index contributed by atoms with van der Waals surface area (Å²) in [6, 6.07) is 5.37. The number of hydrogen-bond donors (Lipinski definition) is 4. The van der Waals surface area contributed by atoms with E-state index in [0.717, 1.165) is 30.6 Å². The van der Waals surface area contributed by atoms with E-state index >= 15 is 0 Å². The van der Waals surface area contributed by atoms with E-state index in [4.69, 9.17) is 27.5 Å². The minimum Gasteiger partial charge on any atom is -0.431 e. The van der Waals surface area contributed by atoms with Gasteiger partial charge in [0.1, 0.15) is 6.26 Å². The van der Waals surface area contributed by atoms with E-state index in [1.165, 1.54) is 12.5 Å². The summed E-state index contributed by atoms with van der Waals surface area (Å²) in [6.45, 7) is 1.82. The van der Waals surface area contributed by atoms with Crippen molar-refractivity contribution in [1.82, 2.24) is 10.3 Å². The third kappa shape index (κ3) is 4.22. The highest BCUT2D eigenvalue weighted by atomic mass is 35.5. The maximum absolute atomic E-state index is 12.2. The van der Waals surface area contributed by atoms with Crippen LogP contribution < -0.4 is 22.1 Å². The summed E-state index contributed by atoms with van der Waals surface area (Å²) in [5.41, 5.74) is 13.1. The number of carbonyl (C=O) groups excluding carboxylic acids is 1. The van der Waals surface area contributed by atoms with Crippen LogP contribution >= 0.6 is 11.6 Å². The first-order chi connectivity index (χ1) is 12.6. The third-order valence-electron chi connectivity index (χ3n) is 3.94. The third-order valence-corrected chi connectivity index (χ3v) is 4.27. The zero-order valence-corrected chi connectivity index (χ0v) is 14.7. The standard InChI is InChI=1S/C17H19ClN6O2/c18-13-2-1-10(11(6-19)7-22-12-3-4-21-8-12)5-14(13)23-16(25)15-9-26-17(20)24-15/h1-2,5-7,9,12,21H,3-4,8,19H2,(H2,20,24)(H,23,25). The van der Waals surface area contributed by atoms with Gasteiger partial charge in [0.15, 0.2) is 5.69 Å². The van der Waals surface area contributed by atoms with Gasteiger partial charge in [0, 0.05) is 24.5 Å². The zero-order chi connectivity index (χ0) is 18.5. The predicted molar refractivity (Wildman–Crippen MR) is 102 cm³/mol. The summed E-state index contributed by atoms with van der Waals surface area (Å²) >= 11 is 6.19. The molecule has 0 spiro atoms. The highest BCUT2D eigenvalue weighted by Gasteiger charge is 2.15. The minimum atomic E-state index is -0.478. The Morgan fingerprint density at radius 3 is 3.00 bits per heavy atom. The van der Waals surface area contributed by atoms with Gasteiger partial charge >= 0.3 is 0 Å².